The number of nitrogens with one attached hydrogen (secondary N) is 1. The Balaban J connectivity index is 4.05. The van der Waals surface area contributed by atoms with Gasteiger partial charge in [0, 0.05) is 0 Å². The highest BCUT2D eigenvalue weighted by atomic mass is 16.5. The summed E-state index contributed by atoms with van der Waals surface area (Å²) in [5, 5.41) is 6.60. The lowest BCUT2D eigenvalue weighted by Crippen LogP contribution is -2.30. The quantitative estimate of drug-likeness (QED) is 0.275. The molecule has 0 saturated carbocycles. The maximum atomic E-state index is 10.2. The van der Waals surface area contributed by atoms with Gasteiger partial charge >= 0.3 is 5.97 Å². The SMILES string of the molecule is COC(=O)C(=N)C(N)=O. The smallest absolute Gasteiger partial charge is 0.361 e. The van der Waals surface area contributed by atoms with Crippen molar-refractivity contribution >= 4 is 17.6 Å². The van der Waals surface area contributed by atoms with Gasteiger partial charge in [0.15, 0.2) is 0 Å². The van der Waals surface area contributed by atoms with E-state index in [0.29, 0.717) is 0 Å². The molecule has 0 aromatic carbocycles. The van der Waals surface area contributed by atoms with Crippen LogP contribution in [0.1, 0.15) is 0 Å². The van der Waals surface area contributed by atoms with Crippen molar-refractivity contribution in [3.05, 3.63) is 0 Å². The number of carbonyl (C=O) groups is 2. The van der Waals surface area contributed by atoms with E-state index in [9.17, 15) is 9.59 Å². The molecule has 5 nitrogen and oxygen atoms in total. The van der Waals surface area contributed by atoms with E-state index < -0.39 is 17.6 Å². The fourth-order valence-corrected chi connectivity index (χ4v) is 0.203. The molecule has 3 N–H and O–H groups in total. The number of esters is 1. The van der Waals surface area contributed by atoms with Gasteiger partial charge in [-0.15, -0.1) is 0 Å². The van der Waals surface area contributed by atoms with Crippen LogP contribution >= 0.6 is 0 Å². The molecule has 0 fully saturated rings. The molecule has 0 rings (SSSR count). The zero-order chi connectivity index (χ0) is 7.44. The molecule has 0 unspecified atom stereocenters. The maximum Gasteiger partial charge on any atom is 0.361 e. The minimum absolute atomic E-state index is 0.836. The Morgan fingerprint density at radius 2 is 2.00 bits per heavy atom. The summed E-state index contributed by atoms with van der Waals surface area (Å²) < 4.78 is 4.01. The van der Waals surface area contributed by atoms with Crippen LogP contribution in [0, 0.1) is 5.41 Å². The monoisotopic (exact) mass is 130 g/mol. The van der Waals surface area contributed by atoms with Gasteiger partial charge in [-0.2, -0.15) is 0 Å². The second-order valence-corrected chi connectivity index (χ2v) is 1.23. The molecule has 9 heavy (non-hydrogen) atoms. The standard InChI is InChI=1S/C4H6N2O3/c1-9-4(8)2(5)3(6)7/h5H,1H3,(H2,6,7). The van der Waals surface area contributed by atoms with E-state index in [0.717, 1.165) is 7.11 Å². The van der Waals surface area contributed by atoms with Crippen molar-refractivity contribution < 1.29 is 14.3 Å². The van der Waals surface area contributed by atoms with Crippen molar-refractivity contribution in [1.29, 1.82) is 5.41 Å². The van der Waals surface area contributed by atoms with Gasteiger partial charge in [0.05, 0.1) is 7.11 Å². The van der Waals surface area contributed by atoms with Gasteiger partial charge < -0.3 is 10.5 Å². The van der Waals surface area contributed by atoms with E-state index in [1.807, 2.05) is 0 Å². The Morgan fingerprint density at radius 1 is 1.56 bits per heavy atom. The molecule has 5 heteroatoms. The second-order valence-electron chi connectivity index (χ2n) is 1.23. The number of ether oxygens (including phenoxy) is 1. The van der Waals surface area contributed by atoms with Crippen molar-refractivity contribution in [1.82, 2.24) is 0 Å². The number of rotatable bonds is 2. The van der Waals surface area contributed by atoms with E-state index in [1.54, 1.807) is 0 Å². The van der Waals surface area contributed by atoms with E-state index in [1.165, 1.54) is 0 Å². The predicted octanol–water partition coefficient (Wildman–Crippen LogP) is -1.34. The molecule has 0 aliphatic rings. The van der Waals surface area contributed by atoms with Crippen LogP contribution in [0.15, 0.2) is 0 Å². The van der Waals surface area contributed by atoms with Gasteiger partial charge in [-0.05, 0) is 0 Å². The zero-order valence-electron chi connectivity index (χ0n) is 4.80. The molecule has 0 radical (unpaired) electrons. The van der Waals surface area contributed by atoms with Gasteiger partial charge in [-0.25, -0.2) is 4.79 Å². The number of hydrogen-bond acceptors (Lipinski definition) is 4. The number of methoxy groups -OCH3 is 1. The van der Waals surface area contributed by atoms with Crippen LogP contribution in [0.3, 0.4) is 0 Å². The van der Waals surface area contributed by atoms with Gasteiger partial charge in [-0.1, -0.05) is 0 Å². The maximum absolute atomic E-state index is 10.2. The fourth-order valence-electron chi connectivity index (χ4n) is 0.203. The molecule has 0 aliphatic heterocycles. The average molecular weight is 130 g/mol. The normalized spacial score (nSPS) is 8.11. The number of carbonyl (C=O) groups excluding carboxylic acids is 2. The molecule has 0 aromatic heterocycles. The van der Waals surface area contributed by atoms with E-state index in [4.69, 9.17) is 5.41 Å². The molecule has 0 aliphatic carbocycles. The lowest BCUT2D eigenvalue weighted by molar-refractivity contribution is -0.133. The first-order valence-corrected chi connectivity index (χ1v) is 2.06. The molecule has 0 atom stereocenters. The Kier molecular flexibility index (Phi) is 2.37. The molecular weight excluding hydrogens is 124 g/mol. The Hall–Kier alpha value is -1.39. The van der Waals surface area contributed by atoms with Crippen molar-refractivity contribution in [2.75, 3.05) is 7.11 Å². The Labute approximate surface area is 51.3 Å². The van der Waals surface area contributed by atoms with Crippen LogP contribution in [-0.4, -0.2) is 24.7 Å². The molecule has 0 spiro atoms. The summed E-state index contributed by atoms with van der Waals surface area (Å²) in [6.07, 6.45) is 0. The van der Waals surface area contributed by atoms with Crippen molar-refractivity contribution in [2.45, 2.75) is 0 Å². The van der Waals surface area contributed by atoms with Crippen LogP contribution in [0.2, 0.25) is 0 Å². The van der Waals surface area contributed by atoms with Crippen LogP contribution in [0.4, 0.5) is 0 Å². The van der Waals surface area contributed by atoms with Gasteiger partial charge in [0.25, 0.3) is 5.91 Å². The molecule has 0 bridgehead atoms. The summed E-state index contributed by atoms with van der Waals surface area (Å²) in [6, 6.07) is 0. The summed E-state index contributed by atoms with van der Waals surface area (Å²) in [5.74, 6) is -2.09. The average Bonchev–Trinajstić information content (AvgIpc) is 1.84. The van der Waals surface area contributed by atoms with Crippen molar-refractivity contribution in [3.63, 3.8) is 0 Å². The van der Waals surface area contributed by atoms with Gasteiger partial charge in [-0.3, -0.25) is 10.2 Å². The van der Waals surface area contributed by atoms with Gasteiger partial charge in [0.2, 0.25) is 5.71 Å². The first kappa shape index (κ1) is 7.61. The third kappa shape index (κ3) is 1.89. The summed E-state index contributed by atoms with van der Waals surface area (Å²) in [4.78, 5) is 20.2. The van der Waals surface area contributed by atoms with E-state index >= 15 is 0 Å². The summed E-state index contributed by atoms with van der Waals surface area (Å²) >= 11 is 0. The van der Waals surface area contributed by atoms with Crippen LogP contribution in [0.25, 0.3) is 0 Å². The number of hydrogen-bond donors (Lipinski definition) is 2. The second kappa shape index (κ2) is 2.81. The third-order valence-electron chi connectivity index (χ3n) is 0.636. The highest BCUT2D eigenvalue weighted by Crippen LogP contribution is 1.75. The predicted molar refractivity (Wildman–Crippen MR) is 28.9 cm³/mol. The number of nitrogens with two attached hydrogens (primary N) is 1. The Bertz CT molecular complexity index is 163. The minimum atomic E-state index is -1.08. The van der Waals surface area contributed by atoms with Crippen molar-refractivity contribution in [3.8, 4) is 0 Å². The Morgan fingerprint density at radius 3 is 2.11 bits per heavy atom. The topological polar surface area (TPSA) is 93.2 Å². The molecule has 50 valence electrons. The van der Waals surface area contributed by atoms with Gasteiger partial charge in [0.1, 0.15) is 0 Å². The molecule has 0 saturated heterocycles. The van der Waals surface area contributed by atoms with Crippen LogP contribution < -0.4 is 5.73 Å². The molecule has 0 heterocycles. The highest BCUT2D eigenvalue weighted by Gasteiger charge is 2.14. The number of amides is 1. The van der Waals surface area contributed by atoms with Crippen LogP contribution in [-0.2, 0) is 14.3 Å². The largest absolute Gasteiger partial charge is 0.464 e. The van der Waals surface area contributed by atoms with Crippen molar-refractivity contribution in [2.24, 2.45) is 5.73 Å². The lowest BCUT2D eigenvalue weighted by atomic mass is 10.4. The molecule has 0 aromatic rings. The molecular formula is C4H6N2O3. The van der Waals surface area contributed by atoms with E-state index in [2.05, 4.69) is 10.5 Å². The van der Waals surface area contributed by atoms with Crippen LogP contribution in [0.5, 0.6) is 0 Å². The molecule has 1 amide bonds. The highest BCUT2D eigenvalue weighted by molar-refractivity contribution is 6.62. The minimum Gasteiger partial charge on any atom is -0.464 e. The summed E-state index contributed by atoms with van der Waals surface area (Å²) in [5.41, 5.74) is 3.71. The third-order valence-corrected chi connectivity index (χ3v) is 0.636. The number of primary amides is 1. The first-order chi connectivity index (χ1) is 4.09. The summed E-state index contributed by atoms with van der Waals surface area (Å²) in [7, 11) is 1.07. The lowest BCUT2D eigenvalue weighted by Gasteiger charge is -1.93. The summed E-state index contributed by atoms with van der Waals surface area (Å²) in [6.45, 7) is 0. The first-order valence-electron chi connectivity index (χ1n) is 2.06. The fraction of sp³-hybridized carbons (Fsp3) is 0.250. The zero-order valence-corrected chi connectivity index (χ0v) is 4.80. The van der Waals surface area contributed by atoms with E-state index in [-0.39, 0.29) is 0 Å².